The Bertz CT molecular complexity index is 421. The van der Waals surface area contributed by atoms with E-state index in [1.54, 1.807) is 0 Å². The first-order valence-electron chi connectivity index (χ1n) is 6.10. The van der Waals surface area contributed by atoms with E-state index in [1.807, 2.05) is 6.92 Å². The first kappa shape index (κ1) is 14.4. The summed E-state index contributed by atoms with van der Waals surface area (Å²) in [6.07, 6.45) is 1.97. The van der Waals surface area contributed by atoms with Crippen LogP contribution >= 0.6 is 0 Å². The van der Waals surface area contributed by atoms with Gasteiger partial charge in [0, 0.05) is 6.04 Å². The van der Waals surface area contributed by atoms with Crippen LogP contribution < -0.4 is 5.32 Å². The van der Waals surface area contributed by atoms with Crippen LogP contribution in [0.4, 0.5) is 15.8 Å². The minimum atomic E-state index is -0.595. The molecule has 0 aliphatic carbocycles. The summed E-state index contributed by atoms with van der Waals surface area (Å²) in [7, 11) is 0. The van der Waals surface area contributed by atoms with Crippen molar-refractivity contribution >= 4 is 11.4 Å². The molecule has 4 nitrogen and oxygen atoms in total. The highest BCUT2D eigenvalue weighted by molar-refractivity contribution is 5.61. The van der Waals surface area contributed by atoms with Crippen LogP contribution in [0.5, 0.6) is 0 Å². The lowest BCUT2D eigenvalue weighted by Gasteiger charge is -2.16. The van der Waals surface area contributed by atoms with E-state index in [9.17, 15) is 14.5 Å². The standard InChI is InChI=1S/C13H19FN2O2/c1-9(2)4-5-10(3)15-12-7-6-11(14)8-13(12)16(17)18/h6-10,15H,4-5H2,1-3H3. The summed E-state index contributed by atoms with van der Waals surface area (Å²) >= 11 is 0. The fourth-order valence-corrected chi connectivity index (χ4v) is 1.70. The van der Waals surface area contributed by atoms with Crippen molar-refractivity contribution in [3.05, 3.63) is 34.1 Å². The quantitative estimate of drug-likeness (QED) is 0.617. The summed E-state index contributed by atoms with van der Waals surface area (Å²) in [5.74, 6) is -0.000429. The van der Waals surface area contributed by atoms with Gasteiger partial charge in [0.05, 0.1) is 11.0 Å². The fourth-order valence-electron chi connectivity index (χ4n) is 1.70. The van der Waals surface area contributed by atoms with Crippen LogP contribution in [0.25, 0.3) is 0 Å². The highest BCUT2D eigenvalue weighted by Gasteiger charge is 2.16. The number of rotatable bonds is 6. The molecule has 0 spiro atoms. The van der Waals surface area contributed by atoms with E-state index >= 15 is 0 Å². The van der Waals surface area contributed by atoms with E-state index in [1.165, 1.54) is 12.1 Å². The summed E-state index contributed by atoms with van der Waals surface area (Å²) in [5.41, 5.74) is 0.157. The molecule has 1 unspecified atom stereocenters. The molecule has 0 aliphatic rings. The third-order valence-corrected chi connectivity index (χ3v) is 2.74. The highest BCUT2D eigenvalue weighted by Crippen LogP contribution is 2.26. The van der Waals surface area contributed by atoms with E-state index in [4.69, 9.17) is 0 Å². The lowest BCUT2D eigenvalue weighted by atomic mass is 10.0. The Morgan fingerprint density at radius 3 is 2.56 bits per heavy atom. The van der Waals surface area contributed by atoms with Crippen LogP contribution in [-0.2, 0) is 0 Å². The van der Waals surface area contributed by atoms with Crippen LogP contribution in [0.1, 0.15) is 33.6 Å². The zero-order valence-electron chi connectivity index (χ0n) is 10.9. The highest BCUT2D eigenvalue weighted by atomic mass is 19.1. The summed E-state index contributed by atoms with van der Waals surface area (Å²) in [4.78, 5) is 10.3. The van der Waals surface area contributed by atoms with Crippen molar-refractivity contribution in [3.63, 3.8) is 0 Å². The van der Waals surface area contributed by atoms with E-state index < -0.39 is 10.7 Å². The number of nitrogens with zero attached hydrogens (tertiary/aromatic N) is 1. The number of nitrogens with one attached hydrogen (secondary N) is 1. The zero-order valence-corrected chi connectivity index (χ0v) is 10.9. The van der Waals surface area contributed by atoms with Crippen molar-refractivity contribution in [2.24, 2.45) is 5.92 Å². The maximum absolute atomic E-state index is 13.0. The summed E-state index contributed by atoms with van der Waals surface area (Å²) < 4.78 is 13.0. The molecule has 0 aromatic heterocycles. The van der Waals surface area contributed by atoms with Crippen molar-refractivity contribution in [2.45, 2.75) is 39.7 Å². The molecule has 0 aliphatic heterocycles. The maximum Gasteiger partial charge on any atom is 0.295 e. The van der Waals surface area contributed by atoms with Gasteiger partial charge in [0.1, 0.15) is 11.5 Å². The molecule has 0 saturated carbocycles. The third-order valence-electron chi connectivity index (χ3n) is 2.74. The molecule has 0 saturated heterocycles. The molecule has 0 fully saturated rings. The van der Waals surface area contributed by atoms with Gasteiger partial charge in [-0.3, -0.25) is 10.1 Å². The van der Waals surface area contributed by atoms with Crippen LogP contribution in [0.2, 0.25) is 0 Å². The maximum atomic E-state index is 13.0. The Kier molecular flexibility index (Phi) is 5.07. The van der Waals surface area contributed by atoms with Crippen LogP contribution in [0, 0.1) is 21.8 Å². The molecule has 1 aromatic carbocycles. The molecule has 18 heavy (non-hydrogen) atoms. The SMILES string of the molecule is CC(C)CCC(C)Nc1ccc(F)cc1[N+](=O)[O-]. The summed E-state index contributed by atoms with van der Waals surface area (Å²) in [5, 5.41) is 13.9. The molecule has 1 atom stereocenters. The van der Waals surface area contributed by atoms with E-state index in [2.05, 4.69) is 19.2 Å². The second-order valence-electron chi connectivity index (χ2n) is 4.94. The van der Waals surface area contributed by atoms with Gasteiger partial charge in [-0.25, -0.2) is 4.39 Å². The van der Waals surface area contributed by atoms with E-state index in [0.29, 0.717) is 11.6 Å². The van der Waals surface area contributed by atoms with Gasteiger partial charge in [-0.1, -0.05) is 13.8 Å². The molecular weight excluding hydrogens is 235 g/mol. The van der Waals surface area contributed by atoms with Gasteiger partial charge < -0.3 is 5.32 Å². The number of halogens is 1. The molecule has 0 heterocycles. The number of anilines is 1. The van der Waals surface area contributed by atoms with Crippen LogP contribution in [0.3, 0.4) is 0 Å². The van der Waals surface area contributed by atoms with Crippen molar-refractivity contribution in [1.82, 2.24) is 0 Å². The normalized spacial score (nSPS) is 12.5. The third kappa shape index (κ3) is 4.31. The molecule has 0 bridgehead atoms. The number of nitro benzene ring substituents is 1. The van der Waals surface area contributed by atoms with Crippen molar-refractivity contribution in [1.29, 1.82) is 0 Å². The fraction of sp³-hybridized carbons (Fsp3) is 0.538. The van der Waals surface area contributed by atoms with Crippen molar-refractivity contribution < 1.29 is 9.31 Å². The first-order valence-corrected chi connectivity index (χ1v) is 6.10. The first-order chi connectivity index (χ1) is 8.40. The van der Waals surface area contributed by atoms with Gasteiger partial charge in [-0.2, -0.15) is 0 Å². The molecule has 1 rings (SSSR count). The Morgan fingerprint density at radius 1 is 1.33 bits per heavy atom. The minimum Gasteiger partial charge on any atom is -0.377 e. The topological polar surface area (TPSA) is 55.2 Å². The minimum absolute atomic E-state index is 0.122. The average Bonchev–Trinajstić information content (AvgIpc) is 2.28. The van der Waals surface area contributed by atoms with Crippen LogP contribution in [-0.4, -0.2) is 11.0 Å². The molecule has 0 amide bonds. The number of hydrogen-bond acceptors (Lipinski definition) is 3. The lowest BCUT2D eigenvalue weighted by Crippen LogP contribution is -2.16. The average molecular weight is 254 g/mol. The number of hydrogen-bond donors (Lipinski definition) is 1. The Labute approximate surface area is 106 Å². The summed E-state index contributed by atoms with van der Waals surface area (Å²) in [6, 6.07) is 3.71. The van der Waals surface area contributed by atoms with Crippen molar-refractivity contribution in [2.75, 3.05) is 5.32 Å². The predicted octanol–water partition coefficient (Wildman–Crippen LogP) is 3.97. The molecular formula is C13H19FN2O2. The van der Waals surface area contributed by atoms with E-state index in [-0.39, 0.29) is 11.7 Å². The Hall–Kier alpha value is -1.65. The molecule has 0 radical (unpaired) electrons. The molecule has 5 heteroatoms. The lowest BCUT2D eigenvalue weighted by molar-refractivity contribution is -0.384. The molecule has 1 aromatic rings. The van der Waals surface area contributed by atoms with Gasteiger partial charge in [0.15, 0.2) is 0 Å². The van der Waals surface area contributed by atoms with Gasteiger partial charge in [0.2, 0.25) is 0 Å². The van der Waals surface area contributed by atoms with Crippen molar-refractivity contribution in [3.8, 4) is 0 Å². The number of benzene rings is 1. The monoisotopic (exact) mass is 254 g/mol. The molecule has 1 N–H and O–H groups in total. The zero-order chi connectivity index (χ0) is 13.7. The molecule has 100 valence electrons. The predicted molar refractivity (Wildman–Crippen MR) is 70.2 cm³/mol. The van der Waals surface area contributed by atoms with Gasteiger partial charge in [-0.15, -0.1) is 0 Å². The van der Waals surface area contributed by atoms with Gasteiger partial charge in [-0.05, 0) is 37.8 Å². The van der Waals surface area contributed by atoms with Gasteiger partial charge >= 0.3 is 0 Å². The summed E-state index contributed by atoms with van der Waals surface area (Å²) in [6.45, 7) is 6.23. The van der Waals surface area contributed by atoms with E-state index in [0.717, 1.165) is 18.9 Å². The Morgan fingerprint density at radius 2 is 2.00 bits per heavy atom. The smallest absolute Gasteiger partial charge is 0.295 e. The second-order valence-corrected chi connectivity index (χ2v) is 4.94. The number of nitro groups is 1. The Balaban J connectivity index is 2.74. The van der Waals surface area contributed by atoms with Gasteiger partial charge in [0.25, 0.3) is 5.69 Å². The second kappa shape index (κ2) is 6.33. The van der Waals surface area contributed by atoms with Crippen LogP contribution in [0.15, 0.2) is 18.2 Å². The largest absolute Gasteiger partial charge is 0.377 e.